The molecular weight excluding hydrogens is 142 g/mol. The van der Waals surface area contributed by atoms with Crippen molar-refractivity contribution in [3.8, 4) is 17.9 Å². The van der Waals surface area contributed by atoms with Crippen molar-refractivity contribution in [2.24, 2.45) is 0 Å². The van der Waals surface area contributed by atoms with E-state index in [1.165, 1.54) is 6.20 Å². The first-order valence-electron chi connectivity index (χ1n) is 2.91. The Morgan fingerprint density at radius 1 is 1.73 bits per heavy atom. The van der Waals surface area contributed by atoms with Gasteiger partial charge in [-0.15, -0.1) is 0 Å². The molecule has 2 N–H and O–H groups in total. The van der Waals surface area contributed by atoms with Gasteiger partial charge in [-0.1, -0.05) is 11.8 Å². The van der Waals surface area contributed by atoms with E-state index in [9.17, 15) is 0 Å². The molecule has 0 aliphatic carbocycles. The van der Waals surface area contributed by atoms with Crippen LogP contribution in [-0.4, -0.2) is 21.9 Å². The molecular formula is C7H5N3O. The molecule has 1 aromatic heterocycles. The number of nitriles is 1. The summed E-state index contributed by atoms with van der Waals surface area (Å²) >= 11 is 0. The van der Waals surface area contributed by atoms with Crippen molar-refractivity contribution in [3.63, 3.8) is 0 Å². The molecule has 0 saturated heterocycles. The number of H-pyrrole nitrogens is 1. The van der Waals surface area contributed by atoms with Gasteiger partial charge in [0.1, 0.15) is 12.7 Å². The highest BCUT2D eigenvalue weighted by Crippen LogP contribution is 1.98. The molecule has 0 radical (unpaired) electrons. The molecule has 4 heteroatoms. The van der Waals surface area contributed by atoms with Crippen LogP contribution in [0.4, 0.5) is 0 Å². The summed E-state index contributed by atoms with van der Waals surface area (Å²) in [7, 11) is 0. The molecule has 0 aliphatic heterocycles. The lowest BCUT2D eigenvalue weighted by atomic mass is 10.3. The highest BCUT2D eigenvalue weighted by Gasteiger charge is 1.98. The standard InChI is InChI=1S/C7H5N3O/c8-4-7-6(2-1-3-11)5-9-10-7/h5,11H,3H2,(H,9,10). The smallest absolute Gasteiger partial charge is 0.151 e. The lowest BCUT2D eigenvalue weighted by Crippen LogP contribution is -1.79. The first-order valence-corrected chi connectivity index (χ1v) is 2.91. The molecule has 1 heterocycles. The van der Waals surface area contributed by atoms with E-state index in [4.69, 9.17) is 10.4 Å². The van der Waals surface area contributed by atoms with Crippen molar-refractivity contribution in [1.82, 2.24) is 10.2 Å². The summed E-state index contributed by atoms with van der Waals surface area (Å²) in [6, 6.07) is 1.88. The molecule has 0 amide bonds. The molecule has 11 heavy (non-hydrogen) atoms. The van der Waals surface area contributed by atoms with Crippen molar-refractivity contribution in [3.05, 3.63) is 17.5 Å². The van der Waals surface area contributed by atoms with Crippen LogP contribution in [0.25, 0.3) is 0 Å². The number of nitrogens with zero attached hydrogens (tertiary/aromatic N) is 2. The Labute approximate surface area is 63.5 Å². The molecule has 4 nitrogen and oxygen atoms in total. The Kier molecular flexibility index (Phi) is 2.27. The van der Waals surface area contributed by atoms with Gasteiger partial charge in [-0.25, -0.2) is 0 Å². The number of hydrogen-bond acceptors (Lipinski definition) is 3. The first-order chi connectivity index (χ1) is 5.38. The predicted molar refractivity (Wildman–Crippen MR) is 37.3 cm³/mol. The van der Waals surface area contributed by atoms with Gasteiger partial charge in [0.05, 0.1) is 11.8 Å². The zero-order chi connectivity index (χ0) is 8.10. The van der Waals surface area contributed by atoms with Crippen LogP contribution in [0.15, 0.2) is 6.20 Å². The molecule has 0 saturated carbocycles. The summed E-state index contributed by atoms with van der Waals surface area (Å²) in [4.78, 5) is 0. The van der Waals surface area contributed by atoms with Gasteiger partial charge in [0.15, 0.2) is 5.69 Å². The number of aliphatic hydroxyl groups is 1. The van der Waals surface area contributed by atoms with Crippen LogP contribution in [0.5, 0.6) is 0 Å². The topological polar surface area (TPSA) is 72.7 Å². The van der Waals surface area contributed by atoms with Crippen LogP contribution in [0.3, 0.4) is 0 Å². The maximum absolute atomic E-state index is 8.46. The molecule has 0 fully saturated rings. The maximum Gasteiger partial charge on any atom is 0.151 e. The van der Waals surface area contributed by atoms with Crippen molar-refractivity contribution in [2.75, 3.05) is 6.61 Å². The summed E-state index contributed by atoms with van der Waals surface area (Å²) in [5.74, 6) is 5.00. The van der Waals surface area contributed by atoms with Crippen LogP contribution >= 0.6 is 0 Å². The summed E-state index contributed by atoms with van der Waals surface area (Å²) in [6.45, 7) is -0.212. The molecule has 54 valence electrons. The van der Waals surface area contributed by atoms with Gasteiger partial charge in [-0.2, -0.15) is 10.4 Å². The van der Waals surface area contributed by atoms with Gasteiger partial charge < -0.3 is 5.11 Å². The quantitative estimate of drug-likeness (QED) is 0.491. The molecule has 0 aromatic carbocycles. The number of aromatic amines is 1. The Morgan fingerprint density at radius 3 is 3.18 bits per heavy atom. The summed E-state index contributed by atoms with van der Waals surface area (Å²) < 4.78 is 0. The number of aliphatic hydroxyl groups excluding tert-OH is 1. The third-order valence-electron chi connectivity index (χ3n) is 1.05. The molecule has 1 rings (SSSR count). The molecule has 1 aromatic rings. The molecule has 0 spiro atoms. The number of hydrogen-bond donors (Lipinski definition) is 2. The van der Waals surface area contributed by atoms with E-state index in [0.29, 0.717) is 11.3 Å². The number of nitrogens with one attached hydrogen (secondary N) is 1. The number of aromatic nitrogens is 2. The lowest BCUT2D eigenvalue weighted by molar-refractivity contribution is 0.350. The van der Waals surface area contributed by atoms with Gasteiger partial charge in [0, 0.05) is 0 Å². The highest BCUT2D eigenvalue weighted by molar-refractivity contribution is 5.42. The van der Waals surface area contributed by atoms with Crippen LogP contribution < -0.4 is 0 Å². The minimum Gasteiger partial charge on any atom is -0.384 e. The zero-order valence-electron chi connectivity index (χ0n) is 5.63. The average molecular weight is 147 g/mol. The van der Waals surface area contributed by atoms with E-state index in [2.05, 4.69) is 22.0 Å². The summed E-state index contributed by atoms with van der Waals surface area (Å²) in [5.41, 5.74) is 0.840. The van der Waals surface area contributed by atoms with Crippen molar-refractivity contribution in [2.45, 2.75) is 0 Å². The van der Waals surface area contributed by atoms with Crippen LogP contribution in [-0.2, 0) is 0 Å². The van der Waals surface area contributed by atoms with E-state index >= 15 is 0 Å². The maximum atomic E-state index is 8.46. The third-order valence-corrected chi connectivity index (χ3v) is 1.05. The molecule has 0 atom stereocenters. The Bertz CT molecular complexity index is 337. The Morgan fingerprint density at radius 2 is 2.55 bits per heavy atom. The van der Waals surface area contributed by atoms with Crippen molar-refractivity contribution in [1.29, 1.82) is 5.26 Å². The minimum atomic E-state index is -0.212. The first kappa shape index (κ1) is 7.33. The van der Waals surface area contributed by atoms with Crippen LogP contribution in [0.1, 0.15) is 11.3 Å². The molecule has 0 unspecified atom stereocenters. The predicted octanol–water partition coefficient (Wildman–Crippen LogP) is -0.375. The largest absolute Gasteiger partial charge is 0.384 e. The van der Waals surface area contributed by atoms with E-state index in [1.807, 2.05) is 6.07 Å². The monoisotopic (exact) mass is 147 g/mol. The van der Waals surface area contributed by atoms with E-state index < -0.39 is 0 Å². The zero-order valence-corrected chi connectivity index (χ0v) is 5.63. The van der Waals surface area contributed by atoms with Gasteiger partial charge >= 0.3 is 0 Å². The molecule has 0 aliphatic rings. The Hall–Kier alpha value is -1.78. The Balaban J connectivity index is 2.96. The van der Waals surface area contributed by atoms with E-state index in [-0.39, 0.29) is 6.61 Å². The van der Waals surface area contributed by atoms with Crippen LogP contribution in [0.2, 0.25) is 0 Å². The number of rotatable bonds is 0. The van der Waals surface area contributed by atoms with E-state index in [0.717, 1.165) is 0 Å². The second-order valence-electron chi connectivity index (χ2n) is 1.73. The highest BCUT2D eigenvalue weighted by atomic mass is 16.2. The third kappa shape index (κ3) is 1.57. The summed E-state index contributed by atoms with van der Waals surface area (Å²) in [6.07, 6.45) is 1.45. The minimum absolute atomic E-state index is 0.212. The summed E-state index contributed by atoms with van der Waals surface area (Å²) in [5, 5.41) is 22.9. The lowest BCUT2D eigenvalue weighted by Gasteiger charge is -1.78. The van der Waals surface area contributed by atoms with Gasteiger partial charge in [-0.3, -0.25) is 5.10 Å². The fourth-order valence-electron chi connectivity index (χ4n) is 0.601. The van der Waals surface area contributed by atoms with Crippen molar-refractivity contribution < 1.29 is 5.11 Å². The van der Waals surface area contributed by atoms with Crippen LogP contribution in [0, 0.1) is 23.2 Å². The molecule has 0 bridgehead atoms. The fourth-order valence-corrected chi connectivity index (χ4v) is 0.601. The van der Waals surface area contributed by atoms with E-state index in [1.54, 1.807) is 0 Å². The van der Waals surface area contributed by atoms with Gasteiger partial charge in [0.2, 0.25) is 0 Å². The SMILES string of the molecule is N#Cc1[nH]ncc1C#CCO. The van der Waals surface area contributed by atoms with Gasteiger partial charge in [-0.05, 0) is 0 Å². The normalized spacial score (nSPS) is 8.00. The average Bonchev–Trinajstić information content (AvgIpc) is 2.47. The second kappa shape index (κ2) is 3.40. The van der Waals surface area contributed by atoms with Gasteiger partial charge in [0.25, 0.3) is 0 Å². The fraction of sp³-hybridized carbons (Fsp3) is 0.143. The van der Waals surface area contributed by atoms with Crippen molar-refractivity contribution >= 4 is 0 Å². The second-order valence-corrected chi connectivity index (χ2v) is 1.73.